The van der Waals surface area contributed by atoms with E-state index in [2.05, 4.69) is 240 Å². The lowest BCUT2D eigenvalue weighted by molar-refractivity contribution is -0.660. The largest absolute Gasteiger partial charge is 0.437 e. The van der Waals surface area contributed by atoms with Crippen molar-refractivity contribution in [1.29, 1.82) is 0 Å². The standard InChI is InChI=1S/2C22H23N2O.C21H21N2O.2C19H17N2O/c2*1-13(2)16-10-11-24(5)19(12-16)20-14(3)6-8-17-18-9-7-15(4)23-22(18)25-21(17)20;1-13(2)15-9-11-23(4)18(12-15)19-14(3)7-8-16-17-6-5-10-22-21(17)24-20(16)19;2*1-12-7-9-14-15-10-8-13(2)20-19(15)22-18(14)17(12)16-6-4-5-11-21(16)3/h2*6-13H,1-5H3;5-13H,1-4H3;2*4-11H,1-3H3/q5*+1/i13D;;1D3,13D;;. The van der Waals surface area contributed by atoms with Crippen molar-refractivity contribution in [2.24, 2.45) is 35.2 Å². The number of hydrogen-bond donors (Lipinski definition) is 0. The van der Waals surface area contributed by atoms with E-state index in [9.17, 15) is 0 Å². The molecule has 0 spiro atoms. The summed E-state index contributed by atoms with van der Waals surface area (Å²) in [6, 6.07) is 65.9. The highest BCUT2D eigenvalue weighted by atomic mass is 16.4. The van der Waals surface area contributed by atoms with E-state index < -0.39 is 18.6 Å². The zero-order valence-electron chi connectivity index (χ0n) is 75.5. The molecule has 0 saturated heterocycles. The molecule has 0 fully saturated rings. The van der Waals surface area contributed by atoms with Gasteiger partial charge in [0.25, 0.3) is 0 Å². The summed E-state index contributed by atoms with van der Waals surface area (Å²) in [5.41, 5.74) is 30.7. The average molecular weight is 1560 g/mol. The summed E-state index contributed by atoms with van der Waals surface area (Å²) < 4.78 is 81.3. The molecule has 0 amide bonds. The van der Waals surface area contributed by atoms with E-state index in [0.717, 1.165) is 166 Å². The molecule has 0 aliphatic rings. The van der Waals surface area contributed by atoms with Gasteiger partial charge in [0.15, 0.2) is 58.9 Å². The van der Waals surface area contributed by atoms with Crippen LogP contribution in [0.25, 0.3) is 167 Å². The van der Waals surface area contributed by atoms with Crippen molar-refractivity contribution in [1.82, 2.24) is 24.9 Å². The molecule has 20 rings (SSSR count). The molecule has 20 aromatic rings. The number of aryl methyl sites for hydroxylation is 14. The predicted molar refractivity (Wildman–Crippen MR) is 476 cm³/mol. The van der Waals surface area contributed by atoms with E-state index in [1.807, 2.05) is 140 Å². The molecule has 0 aliphatic heterocycles. The smallest absolute Gasteiger partial charge is 0.227 e. The van der Waals surface area contributed by atoms with Crippen LogP contribution in [0.15, 0.2) is 253 Å². The summed E-state index contributed by atoms with van der Waals surface area (Å²) in [6.07, 6.45) is 11.7. The maximum absolute atomic E-state index is 8.45. The molecule has 15 aromatic heterocycles. The minimum atomic E-state index is -2.44. The average Bonchev–Trinajstić information content (AvgIpc) is 1.62. The molecule has 0 radical (unpaired) electrons. The monoisotopic (exact) mass is 1560 g/mol. The Morgan fingerprint density at radius 3 is 0.873 bits per heavy atom. The molecule has 1 unspecified atom stereocenters. The minimum absolute atomic E-state index is 0.436. The van der Waals surface area contributed by atoms with Crippen molar-refractivity contribution in [2.45, 2.75) is 121 Å². The number of furan rings is 5. The van der Waals surface area contributed by atoms with Gasteiger partial charge in [0.05, 0.1) is 27.8 Å². The lowest BCUT2D eigenvalue weighted by atomic mass is 9.97. The van der Waals surface area contributed by atoms with E-state index >= 15 is 0 Å². The third-order valence-electron chi connectivity index (χ3n) is 22.6. The molecule has 15 nitrogen and oxygen atoms in total. The maximum atomic E-state index is 8.45. The number of hydrogen-bond acceptors (Lipinski definition) is 10. The molecule has 588 valence electrons. The van der Waals surface area contributed by atoms with Gasteiger partial charge in [0.1, 0.15) is 35.2 Å². The van der Waals surface area contributed by atoms with E-state index in [1.165, 1.54) is 34.9 Å². The molecule has 15 heteroatoms. The van der Waals surface area contributed by atoms with E-state index in [0.29, 0.717) is 45.6 Å². The first-order valence-corrected chi connectivity index (χ1v) is 40.0. The third kappa shape index (κ3) is 14.8. The highest BCUT2D eigenvalue weighted by Crippen LogP contribution is 2.43. The first-order valence-electron chi connectivity index (χ1n) is 42.5. The van der Waals surface area contributed by atoms with Crippen LogP contribution in [0.2, 0.25) is 0 Å². The van der Waals surface area contributed by atoms with Gasteiger partial charge in [-0.1, -0.05) is 102 Å². The van der Waals surface area contributed by atoms with Crippen LogP contribution in [-0.4, -0.2) is 24.9 Å². The van der Waals surface area contributed by atoms with Crippen LogP contribution in [0.5, 0.6) is 0 Å². The Balaban J connectivity index is 0.000000114. The van der Waals surface area contributed by atoms with Crippen molar-refractivity contribution in [3.05, 3.63) is 299 Å². The summed E-state index contributed by atoms with van der Waals surface area (Å²) in [4.78, 5) is 22.5. The minimum Gasteiger partial charge on any atom is -0.437 e. The fourth-order valence-electron chi connectivity index (χ4n) is 16.0. The van der Waals surface area contributed by atoms with Gasteiger partial charge < -0.3 is 22.1 Å². The second kappa shape index (κ2) is 32.0. The molecule has 15 heterocycles. The molecule has 0 saturated carbocycles. The Labute approximate surface area is 694 Å². The Bertz CT molecular complexity index is 7400. The van der Waals surface area contributed by atoms with Gasteiger partial charge in [-0.15, -0.1) is 0 Å². The summed E-state index contributed by atoms with van der Waals surface area (Å²) in [6.45, 7) is 25.7. The van der Waals surface area contributed by atoms with Gasteiger partial charge in [-0.2, -0.15) is 0 Å². The summed E-state index contributed by atoms with van der Waals surface area (Å²) >= 11 is 0. The van der Waals surface area contributed by atoms with Gasteiger partial charge in [0, 0.05) is 150 Å². The number of benzene rings is 5. The second-order valence-corrected chi connectivity index (χ2v) is 31.7. The first-order chi connectivity index (χ1) is 58.6. The van der Waals surface area contributed by atoms with E-state index in [-0.39, 0.29) is 0 Å². The maximum Gasteiger partial charge on any atom is 0.227 e. The molecular formula is C103H101N10O5+5. The molecule has 118 heavy (non-hydrogen) atoms. The Morgan fingerprint density at radius 1 is 0.280 bits per heavy atom. The van der Waals surface area contributed by atoms with Gasteiger partial charge in [-0.25, -0.2) is 47.8 Å². The number of nitrogens with zero attached hydrogens (tertiary/aromatic N) is 10. The lowest BCUT2D eigenvalue weighted by Gasteiger charge is -2.09. The third-order valence-corrected chi connectivity index (χ3v) is 22.6. The van der Waals surface area contributed by atoms with Gasteiger partial charge in [0.2, 0.25) is 57.0 Å². The molecular weight excluding hydrogens is 1460 g/mol. The van der Waals surface area contributed by atoms with Crippen molar-refractivity contribution in [3.63, 3.8) is 0 Å². The van der Waals surface area contributed by atoms with E-state index in [4.69, 9.17) is 28.9 Å². The van der Waals surface area contributed by atoms with Crippen molar-refractivity contribution < 1.29 is 51.8 Å². The summed E-state index contributed by atoms with van der Waals surface area (Å²) in [7, 11) is 10.1. The van der Waals surface area contributed by atoms with Crippen LogP contribution in [0.4, 0.5) is 0 Å². The number of fused-ring (bicyclic) bond motifs is 15. The van der Waals surface area contributed by atoms with Crippen LogP contribution < -0.4 is 22.8 Å². The normalized spacial score (nSPS) is 12.9. The van der Waals surface area contributed by atoms with E-state index in [1.54, 1.807) is 24.5 Å². The zero-order valence-corrected chi connectivity index (χ0v) is 70.5. The van der Waals surface area contributed by atoms with Crippen LogP contribution in [0.1, 0.15) is 133 Å². The number of rotatable bonds is 8. The van der Waals surface area contributed by atoms with Gasteiger partial charge in [-0.3, -0.25) is 0 Å². The highest BCUT2D eigenvalue weighted by Gasteiger charge is 2.28. The molecule has 1 atom stereocenters. The Kier molecular flexibility index (Phi) is 19.6. The Hall–Kier alpha value is -13.4. The number of pyridine rings is 10. The lowest BCUT2D eigenvalue weighted by Crippen LogP contribution is -2.31. The summed E-state index contributed by atoms with van der Waals surface area (Å²) in [5, 5.41) is 10.6. The van der Waals surface area contributed by atoms with Crippen LogP contribution in [0, 0.1) is 62.3 Å². The fraction of sp³-hybridized carbons (Fsp3) is 0.223. The summed E-state index contributed by atoms with van der Waals surface area (Å²) in [5.74, 6) is -1.88. The van der Waals surface area contributed by atoms with Crippen LogP contribution in [-0.2, 0) is 35.2 Å². The quantitative estimate of drug-likeness (QED) is 0.135. The van der Waals surface area contributed by atoms with Crippen molar-refractivity contribution in [3.8, 4) is 56.3 Å². The molecule has 0 aliphatic carbocycles. The zero-order chi connectivity index (χ0) is 87.2. The predicted octanol–water partition coefficient (Wildman–Crippen LogP) is 23.5. The molecule has 0 bridgehead atoms. The van der Waals surface area contributed by atoms with Gasteiger partial charge >= 0.3 is 0 Å². The van der Waals surface area contributed by atoms with Crippen molar-refractivity contribution in [2.75, 3.05) is 0 Å². The first kappa shape index (κ1) is 72.3. The SMILES string of the molecule is Cc1ccc2c(n1)oc1c(-c3cc(C(C)C)cc[n+]3C)c(C)ccc12.Cc1ccc2c(n1)oc1c(-c3cccc[n+]3C)c(C)ccc12.Cc1ccc2c(n1)oc1c(-c3cccc[n+]3C)c(C)ccc12.[2H]C(C)(C)c1cc[n+](C)c(-c2c(C)ccc3c2oc2nc(C)ccc23)c1.[2H]C([2H])([2H])C([2H])(C)c1cc[n+](C)c(-c2c(C)ccc3c2oc2ncccc23)c1. The van der Waals surface area contributed by atoms with Crippen LogP contribution in [0.3, 0.4) is 0 Å². The number of aromatic nitrogens is 10. The van der Waals surface area contributed by atoms with Gasteiger partial charge in [-0.05, 0) is 197 Å². The van der Waals surface area contributed by atoms with Crippen molar-refractivity contribution >= 4 is 110 Å². The second-order valence-electron chi connectivity index (χ2n) is 31.7. The fourth-order valence-corrected chi connectivity index (χ4v) is 16.0. The Morgan fingerprint density at radius 2 is 0.559 bits per heavy atom. The molecule has 5 aromatic carbocycles. The van der Waals surface area contributed by atoms with Crippen LogP contribution >= 0.6 is 0 Å². The topological polar surface area (TPSA) is 150 Å². The molecule has 0 N–H and O–H groups in total. The highest BCUT2D eigenvalue weighted by molar-refractivity contribution is 6.13.